The number of aromatic nitrogens is 2. The number of amides is 1. The Balaban J connectivity index is 2.57. The lowest BCUT2D eigenvalue weighted by atomic mass is 9.88. The summed E-state index contributed by atoms with van der Waals surface area (Å²) in [6.07, 6.45) is 3.90. The molecule has 0 aliphatic carbocycles. The first kappa shape index (κ1) is 10.7. The van der Waals surface area contributed by atoms with Crippen LogP contribution in [-0.2, 0) is 4.79 Å². The molecule has 5 heteroatoms. The molecule has 0 saturated carbocycles. The van der Waals surface area contributed by atoms with Gasteiger partial charge in [0.25, 0.3) is 0 Å². The highest BCUT2D eigenvalue weighted by atomic mass is 16.2. The SMILES string of the molecule is CC(C)(CCN)C(=O)Nc1ncc[nH]1. The van der Waals surface area contributed by atoms with Crippen molar-refractivity contribution in [2.75, 3.05) is 11.9 Å². The maximum absolute atomic E-state index is 11.7. The van der Waals surface area contributed by atoms with Crippen LogP contribution in [0.3, 0.4) is 0 Å². The van der Waals surface area contributed by atoms with Gasteiger partial charge in [-0.15, -0.1) is 0 Å². The van der Waals surface area contributed by atoms with Crippen molar-refractivity contribution in [3.63, 3.8) is 0 Å². The van der Waals surface area contributed by atoms with E-state index in [1.54, 1.807) is 12.4 Å². The van der Waals surface area contributed by atoms with Crippen molar-refractivity contribution >= 4 is 11.9 Å². The molecule has 0 fully saturated rings. The van der Waals surface area contributed by atoms with Crippen LogP contribution < -0.4 is 11.1 Å². The van der Waals surface area contributed by atoms with Crippen molar-refractivity contribution < 1.29 is 4.79 Å². The van der Waals surface area contributed by atoms with Crippen molar-refractivity contribution in [3.05, 3.63) is 12.4 Å². The van der Waals surface area contributed by atoms with Crippen LogP contribution in [0, 0.1) is 5.41 Å². The van der Waals surface area contributed by atoms with Crippen LogP contribution in [0.15, 0.2) is 12.4 Å². The number of nitrogens with one attached hydrogen (secondary N) is 2. The van der Waals surface area contributed by atoms with Gasteiger partial charge in [-0.3, -0.25) is 10.1 Å². The molecular weight excluding hydrogens is 180 g/mol. The molecule has 0 aliphatic rings. The van der Waals surface area contributed by atoms with Crippen molar-refractivity contribution in [2.45, 2.75) is 20.3 Å². The monoisotopic (exact) mass is 196 g/mol. The lowest BCUT2D eigenvalue weighted by Crippen LogP contribution is -2.33. The Morgan fingerprint density at radius 1 is 1.71 bits per heavy atom. The van der Waals surface area contributed by atoms with Gasteiger partial charge < -0.3 is 10.7 Å². The van der Waals surface area contributed by atoms with E-state index in [1.807, 2.05) is 13.8 Å². The third kappa shape index (κ3) is 2.56. The van der Waals surface area contributed by atoms with E-state index in [9.17, 15) is 4.79 Å². The minimum atomic E-state index is -0.457. The molecule has 0 bridgehead atoms. The summed E-state index contributed by atoms with van der Waals surface area (Å²) in [5, 5.41) is 2.69. The standard InChI is InChI=1S/C9H16N4O/c1-9(2,3-4-10)7(14)13-8-11-5-6-12-8/h5-6H,3-4,10H2,1-2H3,(H2,11,12,13,14). The van der Waals surface area contributed by atoms with E-state index in [4.69, 9.17) is 5.73 Å². The fraction of sp³-hybridized carbons (Fsp3) is 0.556. The van der Waals surface area contributed by atoms with Gasteiger partial charge in [0.15, 0.2) is 0 Å². The zero-order chi connectivity index (χ0) is 10.6. The number of nitrogens with zero attached hydrogens (tertiary/aromatic N) is 1. The second-order valence-corrected chi connectivity index (χ2v) is 3.81. The van der Waals surface area contributed by atoms with Crippen LogP contribution >= 0.6 is 0 Å². The second-order valence-electron chi connectivity index (χ2n) is 3.81. The van der Waals surface area contributed by atoms with E-state index in [0.29, 0.717) is 18.9 Å². The molecule has 1 heterocycles. The molecule has 5 nitrogen and oxygen atoms in total. The topological polar surface area (TPSA) is 83.8 Å². The highest BCUT2D eigenvalue weighted by Crippen LogP contribution is 2.20. The Hall–Kier alpha value is -1.36. The number of aromatic amines is 1. The van der Waals surface area contributed by atoms with Crippen LogP contribution in [0.25, 0.3) is 0 Å². The fourth-order valence-electron chi connectivity index (χ4n) is 1.08. The summed E-state index contributed by atoms with van der Waals surface area (Å²) in [4.78, 5) is 18.4. The average Bonchev–Trinajstić information content (AvgIpc) is 2.56. The first-order chi connectivity index (χ1) is 6.56. The Kier molecular flexibility index (Phi) is 3.24. The molecule has 4 N–H and O–H groups in total. The predicted octanol–water partition coefficient (Wildman–Crippen LogP) is 0.723. The normalized spacial score (nSPS) is 11.4. The molecule has 14 heavy (non-hydrogen) atoms. The Morgan fingerprint density at radius 3 is 2.93 bits per heavy atom. The number of carbonyl (C=O) groups excluding carboxylic acids is 1. The number of rotatable bonds is 4. The summed E-state index contributed by atoms with van der Waals surface area (Å²) in [5.41, 5.74) is 4.97. The van der Waals surface area contributed by atoms with Gasteiger partial charge in [-0.25, -0.2) is 4.98 Å². The Labute approximate surface area is 83.1 Å². The van der Waals surface area contributed by atoms with Crippen LogP contribution in [0.5, 0.6) is 0 Å². The van der Waals surface area contributed by atoms with E-state index < -0.39 is 5.41 Å². The molecule has 0 spiro atoms. The summed E-state index contributed by atoms with van der Waals surface area (Å²) in [6, 6.07) is 0. The quantitative estimate of drug-likeness (QED) is 0.663. The molecule has 0 unspecified atom stereocenters. The highest BCUT2D eigenvalue weighted by molar-refractivity contribution is 5.93. The number of nitrogens with two attached hydrogens (primary N) is 1. The molecular formula is C9H16N4O. The van der Waals surface area contributed by atoms with E-state index in [1.165, 1.54) is 0 Å². The van der Waals surface area contributed by atoms with E-state index in [2.05, 4.69) is 15.3 Å². The van der Waals surface area contributed by atoms with Gasteiger partial charge in [-0.05, 0) is 13.0 Å². The maximum atomic E-state index is 11.7. The fourth-order valence-corrected chi connectivity index (χ4v) is 1.08. The van der Waals surface area contributed by atoms with Crippen molar-refractivity contribution in [2.24, 2.45) is 11.1 Å². The van der Waals surface area contributed by atoms with Crippen LogP contribution in [0.4, 0.5) is 5.95 Å². The van der Waals surface area contributed by atoms with Gasteiger partial charge in [0.05, 0.1) is 0 Å². The molecule has 0 atom stereocenters. The lowest BCUT2D eigenvalue weighted by Gasteiger charge is -2.21. The minimum absolute atomic E-state index is 0.0714. The number of hydrogen-bond donors (Lipinski definition) is 3. The lowest BCUT2D eigenvalue weighted by molar-refractivity contribution is -0.124. The van der Waals surface area contributed by atoms with Crippen LogP contribution in [-0.4, -0.2) is 22.4 Å². The molecule has 1 amide bonds. The summed E-state index contributed by atoms with van der Waals surface area (Å²) in [5.74, 6) is 0.401. The number of H-pyrrole nitrogens is 1. The molecule has 0 radical (unpaired) electrons. The molecule has 1 aromatic heterocycles. The smallest absolute Gasteiger partial charge is 0.232 e. The van der Waals surface area contributed by atoms with Gasteiger partial charge in [0.1, 0.15) is 0 Å². The maximum Gasteiger partial charge on any atom is 0.232 e. The number of carbonyl (C=O) groups is 1. The molecule has 0 aromatic carbocycles. The van der Waals surface area contributed by atoms with Gasteiger partial charge in [0.2, 0.25) is 11.9 Å². The van der Waals surface area contributed by atoms with Crippen molar-refractivity contribution in [1.29, 1.82) is 0 Å². The van der Waals surface area contributed by atoms with Gasteiger partial charge in [-0.1, -0.05) is 13.8 Å². The highest BCUT2D eigenvalue weighted by Gasteiger charge is 2.26. The predicted molar refractivity (Wildman–Crippen MR) is 54.7 cm³/mol. The Morgan fingerprint density at radius 2 is 2.43 bits per heavy atom. The zero-order valence-corrected chi connectivity index (χ0v) is 8.50. The van der Waals surface area contributed by atoms with Gasteiger partial charge in [-0.2, -0.15) is 0 Å². The average molecular weight is 196 g/mol. The Bertz CT molecular complexity index is 292. The zero-order valence-electron chi connectivity index (χ0n) is 8.50. The summed E-state index contributed by atoms with van der Waals surface area (Å²) in [7, 11) is 0. The van der Waals surface area contributed by atoms with Crippen molar-refractivity contribution in [1.82, 2.24) is 9.97 Å². The number of anilines is 1. The van der Waals surface area contributed by atoms with Crippen LogP contribution in [0.2, 0.25) is 0 Å². The minimum Gasteiger partial charge on any atom is -0.331 e. The molecule has 78 valence electrons. The van der Waals surface area contributed by atoms with Gasteiger partial charge >= 0.3 is 0 Å². The second kappa shape index (κ2) is 4.23. The van der Waals surface area contributed by atoms with Gasteiger partial charge in [0, 0.05) is 17.8 Å². The summed E-state index contributed by atoms with van der Waals surface area (Å²) in [6.45, 7) is 4.22. The third-order valence-corrected chi connectivity index (χ3v) is 2.11. The largest absolute Gasteiger partial charge is 0.331 e. The molecule has 1 aromatic rings. The first-order valence-electron chi connectivity index (χ1n) is 4.57. The summed E-state index contributed by atoms with van der Waals surface area (Å²) < 4.78 is 0. The first-order valence-corrected chi connectivity index (χ1v) is 4.57. The molecule has 0 aliphatic heterocycles. The third-order valence-electron chi connectivity index (χ3n) is 2.11. The summed E-state index contributed by atoms with van der Waals surface area (Å²) >= 11 is 0. The van der Waals surface area contributed by atoms with Crippen LogP contribution in [0.1, 0.15) is 20.3 Å². The van der Waals surface area contributed by atoms with E-state index >= 15 is 0 Å². The number of hydrogen-bond acceptors (Lipinski definition) is 3. The molecule has 0 saturated heterocycles. The number of imidazole rings is 1. The molecule has 1 rings (SSSR count). The van der Waals surface area contributed by atoms with Crippen molar-refractivity contribution in [3.8, 4) is 0 Å². The van der Waals surface area contributed by atoms with E-state index in [0.717, 1.165) is 0 Å². The van der Waals surface area contributed by atoms with E-state index in [-0.39, 0.29) is 5.91 Å².